The summed E-state index contributed by atoms with van der Waals surface area (Å²) in [6, 6.07) is 4.85. The second-order valence-electron chi connectivity index (χ2n) is 3.60. The van der Waals surface area contributed by atoms with Crippen molar-refractivity contribution in [2.75, 3.05) is 0 Å². The maximum atomic E-state index is 13.4. The summed E-state index contributed by atoms with van der Waals surface area (Å²) in [5, 5.41) is 0. The van der Waals surface area contributed by atoms with E-state index >= 15 is 0 Å². The van der Waals surface area contributed by atoms with Crippen LogP contribution in [0.5, 0.6) is 0 Å². The van der Waals surface area contributed by atoms with E-state index < -0.39 is 11.9 Å². The zero-order valence-corrected chi connectivity index (χ0v) is 8.41. The normalized spacial score (nSPS) is 11.4. The van der Waals surface area contributed by atoms with Crippen molar-refractivity contribution < 1.29 is 8.78 Å². The first-order valence-electron chi connectivity index (χ1n) is 4.76. The number of nitrogens with zero attached hydrogens (tertiary/aromatic N) is 3. The van der Waals surface area contributed by atoms with Crippen LogP contribution >= 0.6 is 0 Å². The van der Waals surface area contributed by atoms with E-state index in [1.807, 2.05) is 13.0 Å². The van der Waals surface area contributed by atoms with Crippen LogP contribution in [-0.4, -0.2) is 14.4 Å². The highest BCUT2D eigenvalue weighted by Gasteiger charge is 2.12. The smallest absolute Gasteiger partial charge is 0.243 e. The van der Waals surface area contributed by atoms with Crippen molar-refractivity contribution in [2.45, 2.75) is 6.92 Å². The van der Waals surface area contributed by atoms with Gasteiger partial charge >= 0.3 is 0 Å². The molecule has 0 amide bonds. The third-order valence-electron chi connectivity index (χ3n) is 2.54. The maximum absolute atomic E-state index is 13.4. The van der Waals surface area contributed by atoms with Crippen LogP contribution in [0.4, 0.5) is 8.78 Å². The zero-order valence-electron chi connectivity index (χ0n) is 8.41. The molecule has 0 bridgehead atoms. The Morgan fingerprint density at radius 1 is 1.25 bits per heavy atom. The molecule has 3 aromatic rings. The SMILES string of the molecule is Cc1cccn2c1nc1c(F)nc(F)cc12. The molecule has 80 valence electrons. The predicted octanol–water partition coefficient (Wildman–Crippen LogP) is 2.47. The van der Waals surface area contributed by atoms with Crippen LogP contribution in [0.3, 0.4) is 0 Å². The van der Waals surface area contributed by atoms with Gasteiger partial charge in [-0.2, -0.15) is 13.8 Å². The van der Waals surface area contributed by atoms with Crippen LogP contribution in [-0.2, 0) is 0 Å². The molecule has 16 heavy (non-hydrogen) atoms. The molecule has 5 heteroatoms. The Morgan fingerprint density at radius 3 is 2.88 bits per heavy atom. The number of halogens is 2. The molecule has 0 saturated carbocycles. The molecule has 0 unspecified atom stereocenters. The molecule has 0 aliphatic rings. The van der Waals surface area contributed by atoms with Crippen LogP contribution in [0, 0.1) is 18.8 Å². The van der Waals surface area contributed by atoms with Gasteiger partial charge in [0.1, 0.15) is 11.2 Å². The fraction of sp³-hybridized carbons (Fsp3) is 0.0909. The molecule has 0 aliphatic carbocycles. The van der Waals surface area contributed by atoms with Crippen molar-refractivity contribution in [3.63, 3.8) is 0 Å². The Kier molecular flexibility index (Phi) is 1.71. The van der Waals surface area contributed by atoms with Gasteiger partial charge in [0.15, 0.2) is 0 Å². The third kappa shape index (κ3) is 1.11. The van der Waals surface area contributed by atoms with Gasteiger partial charge in [0, 0.05) is 12.3 Å². The summed E-state index contributed by atoms with van der Waals surface area (Å²) in [6.45, 7) is 1.86. The Hall–Kier alpha value is -2.04. The van der Waals surface area contributed by atoms with E-state index in [0.29, 0.717) is 11.2 Å². The zero-order chi connectivity index (χ0) is 11.3. The Bertz CT molecular complexity index is 703. The van der Waals surface area contributed by atoms with E-state index in [9.17, 15) is 8.78 Å². The molecule has 0 spiro atoms. The molecule has 3 nitrogen and oxygen atoms in total. The molecule has 0 N–H and O–H groups in total. The summed E-state index contributed by atoms with van der Waals surface area (Å²) in [7, 11) is 0. The standard InChI is InChI=1S/C11H7F2N3/c1-6-3-2-4-16-7-5-8(12)14-10(13)9(7)15-11(6)16/h2-5H,1H3. The van der Waals surface area contributed by atoms with Crippen LogP contribution < -0.4 is 0 Å². The Labute approximate surface area is 89.4 Å². The number of imidazole rings is 1. The van der Waals surface area contributed by atoms with Crippen molar-refractivity contribution in [1.29, 1.82) is 0 Å². The molecule has 3 aromatic heterocycles. The number of rotatable bonds is 0. The van der Waals surface area contributed by atoms with Gasteiger partial charge in [0.05, 0.1) is 5.52 Å². The second kappa shape index (κ2) is 2.98. The maximum Gasteiger partial charge on any atom is 0.243 e. The fourth-order valence-corrected chi connectivity index (χ4v) is 1.80. The highest BCUT2D eigenvalue weighted by Crippen LogP contribution is 2.20. The lowest BCUT2D eigenvalue weighted by Crippen LogP contribution is -1.90. The van der Waals surface area contributed by atoms with Gasteiger partial charge in [-0.05, 0) is 18.6 Å². The van der Waals surface area contributed by atoms with Crippen molar-refractivity contribution >= 4 is 16.7 Å². The number of hydrogen-bond donors (Lipinski definition) is 0. The summed E-state index contributed by atoms with van der Waals surface area (Å²) in [6.07, 6.45) is 1.72. The van der Waals surface area contributed by atoms with E-state index in [2.05, 4.69) is 9.97 Å². The molecule has 0 saturated heterocycles. The second-order valence-corrected chi connectivity index (χ2v) is 3.60. The van der Waals surface area contributed by atoms with Crippen LogP contribution in [0.1, 0.15) is 5.56 Å². The van der Waals surface area contributed by atoms with Crippen LogP contribution in [0.2, 0.25) is 0 Å². The molecule has 0 radical (unpaired) electrons. The lowest BCUT2D eigenvalue weighted by Gasteiger charge is -1.97. The first kappa shape index (κ1) is 9.21. The number of pyridine rings is 2. The van der Waals surface area contributed by atoms with Crippen molar-refractivity contribution in [3.05, 3.63) is 41.9 Å². The fourth-order valence-electron chi connectivity index (χ4n) is 1.80. The van der Waals surface area contributed by atoms with E-state index in [1.165, 1.54) is 6.07 Å². The molecule has 0 aromatic carbocycles. The number of fused-ring (bicyclic) bond motifs is 3. The quantitative estimate of drug-likeness (QED) is 0.544. The van der Waals surface area contributed by atoms with Gasteiger partial charge < -0.3 is 0 Å². The molecular formula is C11H7F2N3. The first-order valence-corrected chi connectivity index (χ1v) is 4.76. The Balaban J connectivity index is 2.61. The summed E-state index contributed by atoms with van der Waals surface area (Å²) >= 11 is 0. The van der Waals surface area contributed by atoms with E-state index in [1.54, 1.807) is 16.7 Å². The van der Waals surface area contributed by atoms with Gasteiger partial charge in [0.2, 0.25) is 11.9 Å². The molecular weight excluding hydrogens is 212 g/mol. The van der Waals surface area contributed by atoms with E-state index in [-0.39, 0.29) is 5.52 Å². The highest BCUT2D eigenvalue weighted by atomic mass is 19.1. The van der Waals surface area contributed by atoms with Crippen molar-refractivity contribution in [3.8, 4) is 0 Å². The molecule has 0 atom stereocenters. The minimum Gasteiger partial charge on any atom is -0.299 e. The Morgan fingerprint density at radius 2 is 2.06 bits per heavy atom. The molecule has 0 aliphatic heterocycles. The summed E-state index contributed by atoms with van der Waals surface area (Å²) in [5.74, 6) is -1.72. The van der Waals surface area contributed by atoms with Crippen LogP contribution in [0.15, 0.2) is 24.4 Å². The summed E-state index contributed by atoms with van der Waals surface area (Å²) < 4.78 is 28.1. The van der Waals surface area contributed by atoms with E-state index in [4.69, 9.17) is 0 Å². The summed E-state index contributed by atoms with van der Waals surface area (Å²) in [5.41, 5.74) is 2.00. The predicted molar refractivity (Wildman–Crippen MR) is 55.1 cm³/mol. The van der Waals surface area contributed by atoms with Crippen LogP contribution in [0.25, 0.3) is 16.7 Å². The average molecular weight is 219 g/mol. The van der Waals surface area contributed by atoms with Gasteiger partial charge in [-0.25, -0.2) is 4.98 Å². The minimum atomic E-state index is -0.877. The third-order valence-corrected chi connectivity index (χ3v) is 2.54. The van der Waals surface area contributed by atoms with Gasteiger partial charge in [-0.1, -0.05) is 6.07 Å². The monoisotopic (exact) mass is 219 g/mol. The topological polar surface area (TPSA) is 30.2 Å². The van der Waals surface area contributed by atoms with Gasteiger partial charge in [-0.15, -0.1) is 0 Å². The average Bonchev–Trinajstić information content (AvgIpc) is 2.59. The first-order chi connectivity index (χ1) is 7.66. The van der Waals surface area contributed by atoms with Gasteiger partial charge in [-0.3, -0.25) is 4.40 Å². The van der Waals surface area contributed by atoms with Gasteiger partial charge in [0.25, 0.3) is 0 Å². The molecule has 0 fully saturated rings. The van der Waals surface area contributed by atoms with Crippen molar-refractivity contribution in [1.82, 2.24) is 14.4 Å². The molecule has 3 rings (SSSR count). The molecule has 3 heterocycles. The lowest BCUT2D eigenvalue weighted by molar-refractivity contribution is 0.520. The summed E-state index contributed by atoms with van der Waals surface area (Å²) in [4.78, 5) is 7.23. The van der Waals surface area contributed by atoms with E-state index in [0.717, 1.165) is 5.56 Å². The lowest BCUT2D eigenvalue weighted by atomic mass is 10.3. The number of aryl methyl sites for hydroxylation is 1. The largest absolute Gasteiger partial charge is 0.299 e. The minimum absolute atomic E-state index is 0.0932. The number of aromatic nitrogens is 3. The van der Waals surface area contributed by atoms with Crippen molar-refractivity contribution in [2.24, 2.45) is 0 Å². The highest BCUT2D eigenvalue weighted by molar-refractivity contribution is 5.80. The number of hydrogen-bond acceptors (Lipinski definition) is 2.